The summed E-state index contributed by atoms with van der Waals surface area (Å²) >= 11 is 0. The third-order valence-corrected chi connectivity index (χ3v) is 3.25. The number of benzene rings is 1. The number of aromatic nitrogens is 1. The van der Waals surface area contributed by atoms with Crippen LogP contribution in [0.15, 0.2) is 42.6 Å². The van der Waals surface area contributed by atoms with Crippen LogP contribution in [0.3, 0.4) is 0 Å². The number of carbonyl (C=O) groups is 1. The van der Waals surface area contributed by atoms with Crippen molar-refractivity contribution in [1.82, 2.24) is 4.98 Å². The summed E-state index contributed by atoms with van der Waals surface area (Å²) in [6.07, 6.45) is 2.42. The normalized spacial score (nSPS) is 16.6. The van der Waals surface area contributed by atoms with Crippen molar-refractivity contribution in [3.63, 3.8) is 0 Å². The first-order chi connectivity index (χ1) is 9.22. The van der Waals surface area contributed by atoms with Gasteiger partial charge in [0.1, 0.15) is 6.04 Å². The van der Waals surface area contributed by atoms with E-state index in [9.17, 15) is 4.79 Å². The average Bonchev–Trinajstić information content (AvgIpc) is 2.82. The Labute approximate surface area is 111 Å². The molecule has 1 unspecified atom stereocenters. The van der Waals surface area contributed by atoms with Gasteiger partial charge in [-0.05, 0) is 30.7 Å². The minimum atomic E-state index is -0.203. The number of hydrogen-bond donors (Lipinski definition) is 2. The Balaban J connectivity index is 1.70. The van der Waals surface area contributed by atoms with Gasteiger partial charge in [-0.15, -0.1) is 0 Å². The van der Waals surface area contributed by atoms with E-state index in [4.69, 9.17) is 0 Å². The van der Waals surface area contributed by atoms with Crippen LogP contribution in [0.2, 0.25) is 0 Å². The summed E-state index contributed by atoms with van der Waals surface area (Å²) in [6.45, 7) is 1.90. The minimum Gasteiger partial charge on any atom is -0.373 e. The summed E-state index contributed by atoms with van der Waals surface area (Å²) in [7, 11) is 0. The topological polar surface area (TPSA) is 54.0 Å². The quantitative estimate of drug-likeness (QED) is 0.864. The first-order valence-corrected chi connectivity index (χ1v) is 6.30. The largest absolute Gasteiger partial charge is 0.373 e. The highest BCUT2D eigenvalue weighted by molar-refractivity contribution is 5.98. The van der Waals surface area contributed by atoms with E-state index < -0.39 is 0 Å². The zero-order chi connectivity index (χ0) is 13.2. The van der Waals surface area contributed by atoms with Crippen LogP contribution in [0.25, 0.3) is 0 Å². The number of para-hydroxylation sites is 1. The number of nitrogens with one attached hydrogen (secondary N) is 2. The molecule has 96 valence electrons. The van der Waals surface area contributed by atoms with E-state index >= 15 is 0 Å². The number of rotatable bonds is 2. The summed E-state index contributed by atoms with van der Waals surface area (Å²) in [4.78, 5) is 16.3. The lowest BCUT2D eigenvalue weighted by Crippen LogP contribution is -2.32. The fourth-order valence-corrected chi connectivity index (χ4v) is 2.31. The smallest absolute Gasteiger partial charge is 0.247 e. The molecule has 1 atom stereocenters. The van der Waals surface area contributed by atoms with Gasteiger partial charge < -0.3 is 10.6 Å². The summed E-state index contributed by atoms with van der Waals surface area (Å²) in [5.74, 6) is -0.0122. The number of aryl methyl sites for hydroxylation is 1. The molecule has 4 heteroatoms. The highest BCUT2D eigenvalue weighted by atomic mass is 16.2. The molecule has 2 aromatic rings. The number of carbonyl (C=O) groups excluding carboxylic acids is 1. The molecule has 2 N–H and O–H groups in total. The number of pyridine rings is 1. The fourth-order valence-electron chi connectivity index (χ4n) is 2.31. The van der Waals surface area contributed by atoms with Gasteiger partial charge in [0.2, 0.25) is 5.91 Å². The number of fused-ring (bicyclic) bond motifs is 1. The average molecular weight is 253 g/mol. The van der Waals surface area contributed by atoms with Crippen molar-refractivity contribution >= 4 is 17.3 Å². The monoisotopic (exact) mass is 253 g/mol. The number of amides is 1. The lowest BCUT2D eigenvalue weighted by atomic mass is 10.1. The van der Waals surface area contributed by atoms with E-state index in [2.05, 4.69) is 15.6 Å². The van der Waals surface area contributed by atoms with Crippen molar-refractivity contribution in [2.75, 3.05) is 10.6 Å². The minimum absolute atomic E-state index is 0.0122. The van der Waals surface area contributed by atoms with Crippen molar-refractivity contribution in [3.05, 3.63) is 53.9 Å². The molecule has 0 saturated carbocycles. The Morgan fingerprint density at radius 3 is 3.00 bits per heavy atom. The summed E-state index contributed by atoms with van der Waals surface area (Å²) in [5, 5.41) is 6.16. The molecule has 0 spiro atoms. The second kappa shape index (κ2) is 4.72. The lowest BCUT2D eigenvalue weighted by molar-refractivity contribution is -0.116. The molecule has 1 aromatic carbocycles. The van der Waals surface area contributed by atoms with Crippen LogP contribution in [-0.4, -0.2) is 16.9 Å². The SMILES string of the molecule is Cc1cc(NC(=O)C2Cc3ccccc3N2)ccn1. The molecule has 1 aromatic heterocycles. The maximum Gasteiger partial charge on any atom is 0.247 e. The van der Waals surface area contributed by atoms with Gasteiger partial charge in [0.15, 0.2) is 0 Å². The highest BCUT2D eigenvalue weighted by Gasteiger charge is 2.26. The molecule has 3 rings (SSSR count). The van der Waals surface area contributed by atoms with Crippen molar-refractivity contribution in [3.8, 4) is 0 Å². The first-order valence-electron chi connectivity index (χ1n) is 6.30. The van der Waals surface area contributed by atoms with Crippen molar-refractivity contribution < 1.29 is 4.79 Å². The summed E-state index contributed by atoms with van der Waals surface area (Å²) in [6, 6.07) is 11.5. The van der Waals surface area contributed by atoms with Crippen LogP contribution in [0.1, 0.15) is 11.3 Å². The Bertz CT molecular complexity index is 599. The van der Waals surface area contributed by atoms with Gasteiger partial charge in [-0.1, -0.05) is 18.2 Å². The van der Waals surface area contributed by atoms with Gasteiger partial charge in [-0.2, -0.15) is 0 Å². The molecular weight excluding hydrogens is 238 g/mol. The Morgan fingerprint density at radius 1 is 1.37 bits per heavy atom. The van der Waals surface area contributed by atoms with Crippen LogP contribution in [-0.2, 0) is 11.2 Å². The zero-order valence-corrected chi connectivity index (χ0v) is 10.7. The van der Waals surface area contributed by atoms with Crippen LogP contribution in [0.5, 0.6) is 0 Å². The molecule has 1 aliphatic heterocycles. The molecule has 0 aliphatic carbocycles. The molecule has 0 fully saturated rings. The first kappa shape index (κ1) is 11.7. The Kier molecular flexibility index (Phi) is 2.91. The Morgan fingerprint density at radius 2 is 2.21 bits per heavy atom. The Hall–Kier alpha value is -2.36. The van der Waals surface area contributed by atoms with Crippen LogP contribution in [0.4, 0.5) is 11.4 Å². The number of anilines is 2. The van der Waals surface area contributed by atoms with Gasteiger partial charge in [-0.25, -0.2) is 0 Å². The number of hydrogen-bond acceptors (Lipinski definition) is 3. The van der Waals surface area contributed by atoms with Crippen LogP contribution in [0, 0.1) is 6.92 Å². The van der Waals surface area contributed by atoms with Gasteiger partial charge >= 0.3 is 0 Å². The van der Waals surface area contributed by atoms with Crippen LogP contribution < -0.4 is 10.6 Å². The molecule has 0 radical (unpaired) electrons. The third-order valence-electron chi connectivity index (χ3n) is 3.25. The van der Waals surface area contributed by atoms with E-state index in [1.165, 1.54) is 5.56 Å². The molecule has 2 heterocycles. The van der Waals surface area contributed by atoms with E-state index in [0.717, 1.165) is 23.5 Å². The van der Waals surface area contributed by atoms with Crippen LogP contribution >= 0.6 is 0 Å². The predicted molar refractivity (Wildman–Crippen MR) is 75.2 cm³/mol. The molecule has 0 saturated heterocycles. The van der Waals surface area contributed by atoms with E-state index in [0.29, 0.717) is 0 Å². The molecule has 4 nitrogen and oxygen atoms in total. The van der Waals surface area contributed by atoms with Crippen molar-refractivity contribution in [2.24, 2.45) is 0 Å². The van der Waals surface area contributed by atoms with Gasteiger partial charge in [0, 0.05) is 29.7 Å². The predicted octanol–water partition coefficient (Wildman–Crippen LogP) is 2.37. The molecule has 19 heavy (non-hydrogen) atoms. The van der Waals surface area contributed by atoms with Crippen molar-refractivity contribution in [1.29, 1.82) is 0 Å². The number of nitrogens with zero attached hydrogens (tertiary/aromatic N) is 1. The van der Waals surface area contributed by atoms with E-state index in [1.807, 2.05) is 37.3 Å². The standard InChI is InChI=1S/C15H15N3O/c1-10-8-12(6-7-16-10)17-15(19)14-9-11-4-2-3-5-13(11)18-14/h2-8,14,18H,9H2,1H3,(H,16,17,19). The molecule has 1 aliphatic rings. The van der Waals surface area contributed by atoms with E-state index in [1.54, 1.807) is 12.3 Å². The molecule has 1 amide bonds. The van der Waals surface area contributed by atoms with E-state index in [-0.39, 0.29) is 11.9 Å². The second-order valence-corrected chi connectivity index (χ2v) is 4.73. The summed E-state index contributed by atoms with van der Waals surface area (Å²) < 4.78 is 0. The van der Waals surface area contributed by atoms with Gasteiger partial charge in [-0.3, -0.25) is 9.78 Å². The third kappa shape index (κ3) is 2.42. The maximum absolute atomic E-state index is 12.2. The lowest BCUT2D eigenvalue weighted by Gasteiger charge is -2.12. The molecule has 0 bridgehead atoms. The van der Waals surface area contributed by atoms with Gasteiger partial charge in [0.05, 0.1) is 0 Å². The zero-order valence-electron chi connectivity index (χ0n) is 10.7. The summed E-state index contributed by atoms with van der Waals surface area (Å²) in [5.41, 5.74) is 3.91. The second-order valence-electron chi connectivity index (χ2n) is 4.73. The fraction of sp³-hybridized carbons (Fsp3) is 0.200. The maximum atomic E-state index is 12.2. The molecular formula is C15H15N3O. The highest BCUT2D eigenvalue weighted by Crippen LogP contribution is 2.25. The van der Waals surface area contributed by atoms with Crippen molar-refractivity contribution in [2.45, 2.75) is 19.4 Å². The van der Waals surface area contributed by atoms with Gasteiger partial charge in [0.25, 0.3) is 0 Å².